The predicted molar refractivity (Wildman–Crippen MR) is 233 cm³/mol. The molecule has 0 radical (unpaired) electrons. The highest BCUT2D eigenvalue weighted by Gasteiger charge is 2.56. The molecule has 13 atom stereocenters. The molecule has 2 bridgehead atoms. The Labute approximate surface area is 368 Å². The van der Waals surface area contributed by atoms with Gasteiger partial charge in [-0.3, -0.25) is 14.4 Å². The summed E-state index contributed by atoms with van der Waals surface area (Å²) < 4.78 is 36.0. The summed E-state index contributed by atoms with van der Waals surface area (Å²) in [5.74, 6) is -5.09. The molecule has 2 N–H and O–H groups in total. The molecule has 13 unspecified atom stereocenters. The van der Waals surface area contributed by atoms with Crippen molar-refractivity contribution in [3.8, 4) is 11.5 Å². The molecule has 13 heteroatoms. The number of carbonyl (C=O) groups is 4. The number of carbonyl (C=O) groups excluding carboxylic acids is 4. The van der Waals surface area contributed by atoms with Crippen LogP contribution in [0.15, 0.2) is 47.6 Å². The Morgan fingerprint density at radius 3 is 2.24 bits per heavy atom. The van der Waals surface area contributed by atoms with E-state index >= 15 is 0 Å². The second kappa shape index (κ2) is 22.3. The molecule has 3 aliphatic heterocycles. The number of rotatable bonds is 8. The Morgan fingerprint density at radius 1 is 0.903 bits per heavy atom. The highest BCUT2D eigenvalue weighted by Crippen LogP contribution is 2.39. The first-order valence-electron chi connectivity index (χ1n) is 22.9. The molecule has 3 fully saturated rings. The Morgan fingerprint density at radius 2 is 1.58 bits per heavy atom. The molecule has 3 heterocycles. The van der Waals surface area contributed by atoms with Crippen molar-refractivity contribution in [1.82, 2.24) is 4.90 Å². The standard InChI is InChI=1S/C49H73NO12/c1-10-35-24-29(2)23-30(3)25-42(58-8)45-43(59-9)27-33(6)49(56,62-45)46(53)47(54)50-22-12-11-13-38(50)48(55)61-44(31(4)14-20-39(35)51)32(5)26-34-15-21-40(52)41(28-34)60-37-18-16-36(57-7)17-19-37/h16-19,24,26,30-31,33-35,38,40-45,52,56H,10-15,20-23,25,27-28H2,1-9H3/b29-24+,32-26?. The number of ketones is 2. The number of hydrogen-bond acceptors (Lipinski definition) is 12. The lowest BCUT2D eigenvalue weighted by atomic mass is 9.82. The van der Waals surface area contributed by atoms with Crippen LogP contribution in [-0.4, -0.2) is 115 Å². The van der Waals surface area contributed by atoms with Crippen LogP contribution in [0.2, 0.25) is 0 Å². The van der Waals surface area contributed by atoms with Gasteiger partial charge in [0.2, 0.25) is 5.79 Å². The van der Waals surface area contributed by atoms with Crippen LogP contribution in [0.4, 0.5) is 0 Å². The van der Waals surface area contributed by atoms with Gasteiger partial charge in [0.1, 0.15) is 41.6 Å². The molecule has 1 saturated carbocycles. The average Bonchev–Trinajstić information content (AvgIpc) is 3.26. The predicted octanol–water partition coefficient (Wildman–Crippen LogP) is 6.94. The number of methoxy groups -OCH3 is 3. The molecule has 4 aliphatic rings. The molecule has 346 valence electrons. The van der Waals surface area contributed by atoms with Crippen molar-refractivity contribution < 1.29 is 57.8 Å². The van der Waals surface area contributed by atoms with Crippen LogP contribution in [0.3, 0.4) is 0 Å². The quantitative estimate of drug-likeness (QED) is 0.157. The Balaban J connectivity index is 1.47. The maximum Gasteiger partial charge on any atom is 0.329 e. The minimum absolute atomic E-state index is 0.00198. The van der Waals surface area contributed by atoms with Gasteiger partial charge in [-0.25, -0.2) is 4.79 Å². The number of cyclic esters (lactones) is 1. The maximum absolute atomic E-state index is 14.4. The minimum atomic E-state index is -2.48. The number of nitrogens with zero attached hydrogens (tertiary/aromatic N) is 1. The van der Waals surface area contributed by atoms with Crippen LogP contribution in [0.5, 0.6) is 11.5 Å². The minimum Gasteiger partial charge on any atom is -0.497 e. The first kappa shape index (κ1) is 49.4. The zero-order valence-corrected chi connectivity index (χ0v) is 38.5. The number of allylic oxidation sites excluding steroid dienone is 3. The van der Waals surface area contributed by atoms with E-state index in [-0.39, 0.29) is 55.3 Å². The van der Waals surface area contributed by atoms with Crippen LogP contribution in [0, 0.1) is 29.6 Å². The van der Waals surface area contributed by atoms with Crippen molar-refractivity contribution in [3.05, 3.63) is 47.6 Å². The lowest BCUT2D eigenvalue weighted by Crippen LogP contribution is -2.64. The Kier molecular flexibility index (Phi) is 17.8. The summed E-state index contributed by atoms with van der Waals surface area (Å²) in [6.45, 7) is 11.8. The van der Waals surface area contributed by atoms with E-state index in [1.165, 1.54) is 4.90 Å². The average molecular weight is 868 g/mol. The summed E-state index contributed by atoms with van der Waals surface area (Å²) in [6.07, 6.45) is 6.38. The number of aliphatic hydroxyl groups excluding tert-OH is 1. The molecular weight excluding hydrogens is 795 g/mol. The number of ether oxygens (including phenoxy) is 6. The van der Waals surface area contributed by atoms with Gasteiger partial charge in [0.25, 0.3) is 11.7 Å². The fraction of sp³-hybridized carbons (Fsp3) is 0.714. The Bertz CT molecular complexity index is 1740. The first-order valence-corrected chi connectivity index (χ1v) is 22.9. The normalized spacial score (nSPS) is 37.3. The summed E-state index contributed by atoms with van der Waals surface area (Å²) in [4.78, 5) is 58.2. The van der Waals surface area contributed by atoms with E-state index in [4.69, 9.17) is 28.4 Å². The topological polar surface area (TPSA) is 167 Å². The van der Waals surface area contributed by atoms with Gasteiger partial charge in [-0.05, 0) is 132 Å². The number of amides is 1. The number of piperidine rings is 1. The van der Waals surface area contributed by atoms with Crippen molar-refractivity contribution in [1.29, 1.82) is 0 Å². The van der Waals surface area contributed by atoms with Crippen molar-refractivity contribution in [3.63, 3.8) is 0 Å². The van der Waals surface area contributed by atoms with E-state index in [0.29, 0.717) is 69.3 Å². The van der Waals surface area contributed by atoms with Crippen molar-refractivity contribution in [2.45, 2.75) is 167 Å². The first-order chi connectivity index (χ1) is 29.5. The van der Waals surface area contributed by atoms with E-state index in [0.717, 1.165) is 11.1 Å². The number of fused-ring (bicyclic) bond motifs is 3. The van der Waals surface area contributed by atoms with Crippen LogP contribution < -0.4 is 9.47 Å². The zero-order chi connectivity index (χ0) is 45.3. The van der Waals surface area contributed by atoms with Crippen LogP contribution in [0.1, 0.15) is 119 Å². The second-order valence-electron chi connectivity index (χ2n) is 18.6. The lowest BCUT2D eigenvalue weighted by Gasteiger charge is -2.47. The van der Waals surface area contributed by atoms with Gasteiger partial charge in [-0.2, -0.15) is 0 Å². The third-order valence-electron chi connectivity index (χ3n) is 13.8. The number of aliphatic hydroxyl groups is 2. The highest BCUT2D eigenvalue weighted by molar-refractivity contribution is 6.39. The maximum atomic E-state index is 14.4. The van der Waals surface area contributed by atoms with Gasteiger partial charge in [-0.15, -0.1) is 0 Å². The largest absolute Gasteiger partial charge is 0.497 e. The third-order valence-corrected chi connectivity index (χ3v) is 13.8. The second-order valence-corrected chi connectivity index (χ2v) is 18.6. The van der Waals surface area contributed by atoms with Crippen LogP contribution in [0.25, 0.3) is 0 Å². The third kappa shape index (κ3) is 11.9. The number of esters is 1. The van der Waals surface area contributed by atoms with Crippen LogP contribution in [-0.2, 0) is 38.1 Å². The fourth-order valence-corrected chi connectivity index (χ4v) is 10.1. The van der Waals surface area contributed by atoms with Crippen molar-refractivity contribution >= 4 is 23.4 Å². The van der Waals surface area contributed by atoms with Crippen molar-refractivity contribution in [2.75, 3.05) is 27.9 Å². The summed E-state index contributed by atoms with van der Waals surface area (Å²) >= 11 is 0. The molecule has 2 saturated heterocycles. The lowest BCUT2D eigenvalue weighted by molar-refractivity contribution is -0.302. The van der Waals surface area contributed by atoms with E-state index in [2.05, 4.69) is 19.1 Å². The van der Waals surface area contributed by atoms with Gasteiger partial charge in [0.15, 0.2) is 0 Å². The zero-order valence-electron chi connectivity index (χ0n) is 38.5. The summed E-state index contributed by atoms with van der Waals surface area (Å²) in [7, 11) is 4.70. The summed E-state index contributed by atoms with van der Waals surface area (Å²) in [5, 5.41) is 23.0. The summed E-state index contributed by atoms with van der Waals surface area (Å²) in [5.41, 5.74) is 1.87. The van der Waals surface area contributed by atoms with E-state index in [1.54, 1.807) is 28.3 Å². The molecule has 1 aromatic carbocycles. The number of Topliss-reactive ketones (excluding diaryl/α,β-unsaturated/α-hetero) is 2. The van der Waals surface area contributed by atoms with Crippen LogP contribution >= 0.6 is 0 Å². The molecule has 1 aliphatic carbocycles. The molecule has 0 aromatic heterocycles. The molecule has 62 heavy (non-hydrogen) atoms. The molecule has 1 amide bonds. The highest BCUT2D eigenvalue weighted by atomic mass is 16.7. The summed E-state index contributed by atoms with van der Waals surface area (Å²) in [6, 6.07) is 6.17. The van der Waals surface area contributed by atoms with E-state index in [1.807, 2.05) is 52.0 Å². The SMILES string of the molecule is CCC1/C=C(\C)CC(C)CC(OC)C2OC(O)(C(=O)C(=O)N3CCCCC3C(=O)OC(C(C)=CC3CCC(O)C(Oc4ccc(OC)cc4)C3)C(C)CCC1=O)C(C)CC2OC. The molecule has 1 aromatic rings. The fourth-order valence-electron chi connectivity index (χ4n) is 10.1. The van der Waals surface area contributed by atoms with Gasteiger partial charge in [0, 0.05) is 39.0 Å². The number of hydrogen-bond donors (Lipinski definition) is 2. The monoisotopic (exact) mass is 868 g/mol. The smallest absolute Gasteiger partial charge is 0.329 e. The molecule has 13 nitrogen and oxygen atoms in total. The van der Waals surface area contributed by atoms with Gasteiger partial charge < -0.3 is 43.5 Å². The van der Waals surface area contributed by atoms with E-state index in [9.17, 15) is 29.4 Å². The Hall–Kier alpha value is -3.62. The van der Waals surface area contributed by atoms with Gasteiger partial charge in [-0.1, -0.05) is 45.4 Å². The van der Waals surface area contributed by atoms with Gasteiger partial charge >= 0.3 is 5.97 Å². The number of benzene rings is 1. The van der Waals surface area contributed by atoms with E-state index < -0.39 is 72.0 Å². The van der Waals surface area contributed by atoms with Gasteiger partial charge in [0.05, 0.1) is 25.4 Å². The molecule has 5 rings (SSSR count). The van der Waals surface area contributed by atoms with Crippen molar-refractivity contribution in [2.24, 2.45) is 29.6 Å². The molecule has 0 spiro atoms. The molecular formula is C49H73NO12.